The van der Waals surface area contributed by atoms with E-state index in [2.05, 4.69) is 16.4 Å². The van der Waals surface area contributed by atoms with Gasteiger partial charge < -0.3 is 10.1 Å². The third-order valence-corrected chi connectivity index (χ3v) is 4.23. The van der Waals surface area contributed by atoms with Gasteiger partial charge in [-0.25, -0.2) is 4.98 Å². The number of rotatable bonds is 5. The van der Waals surface area contributed by atoms with Gasteiger partial charge in [0.25, 0.3) is 0 Å². The maximum atomic E-state index is 9.11. The maximum absolute atomic E-state index is 9.11. The number of nitriles is 1. The van der Waals surface area contributed by atoms with Crippen molar-refractivity contribution in [2.75, 3.05) is 12.4 Å². The Labute approximate surface area is 156 Å². The number of pyridine rings is 2. The van der Waals surface area contributed by atoms with Gasteiger partial charge >= 0.3 is 0 Å². The van der Waals surface area contributed by atoms with Crippen molar-refractivity contribution in [2.45, 2.75) is 6.61 Å². The second-order valence-corrected chi connectivity index (χ2v) is 5.99. The molecule has 0 saturated heterocycles. The zero-order valence-electron chi connectivity index (χ0n) is 14.8. The summed E-state index contributed by atoms with van der Waals surface area (Å²) in [7, 11) is 1.86. The van der Waals surface area contributed by atoms with Crippen LogP contribution in [0.3, 0.4) is 0 Å². The topological polar surface area (TPSA) is 75.2 Å². The number of anilines is 1. The normalized spacial score (nSPS) is 10.5. The van der Waals surface area contributed by atoms with Crippen LogP contribution in [0.25, 0.3) is 16.9 Å². The molecule has 6 nitrogen and oxygen atoms in total. The van der Waals surface area contributed by atoms with Gasteiger partial charge in [-0.3, -0.25) is 9.38 Å². The lowest BCUT2D eigenvalue weighted by Gasteiger charge is -2.08. The fourth-order valence-corrected chi connectivity index (χ4v) is 2.94. The van der Waals surface area contributed by atoms with Crippen LogP contribution in [0, 0.1) is 11.3 Å². The summed E-state index contributed by atoms with van der Waals surface area (Å²) in [6.07, 6.45) is 5.38. The van der Waals surface area contributed by atoms with E-state index in [4.69, 9.17) is 15.0 Å². The fraction of sp³-hybridized carbons (Fsp3) is 0.0952. The van der Waals surface area contributed by atoms with Gasteiger partial charge in [0.2, 0.25) is 0 Å². The lowest BCUT2D eigenvalue weighted by atomic mass is 10.1. The van der Waals surface area contributed by atoms with E-state index in [0.717, 1.165) is 34.0 Å². The molecule has 1 aromatic carbocycles. The van der Waals surface area contributed by atoms with Crippen molar-refractivity contribution in [3.8, 4) is 23.1 Å². The minimum absolute atomic E-state index is 0.451. The SMILES string of the molecule is CNc1c(-c2cccc(OCc3cccnc3)c2)nc2cc(C#N)ccn12. The molecule has 27 heavy (non-hydrogen) atoms. The molecule has 132 valence electrons. The van der Waals surface area contributed by atoms with Crippen LogP contribution in [0.4, 0.5) is 5.82 Å². The van der Waals surface area contributed by atoms with Crippen LogP contribution in [-0.4, -0.2) is 21.4 Å². The number of nitrogens with zero attached hydrogens (tertiary/aromatic N) is 4. The van der Waals surface area contributed by atoms with Crippen molar-refractivity contribution in [1.29, 1.82) is 5.26 Å². The molecule has 0 bridgehead atoms. The van der Waals surface area contributed by atoms with Crippen LogP contribution in [0.1, 0.15) is 11.1 Å². The summed E-state index contributed by atoms with van der Waals surface area (Å²) < 4.78 is 7.83. The molecule has 0 amide bonds. The van der Waals surface area contributed by atoms with E-state index in [1.165, 1.54) is 0 Å². The summed E-state index contributed by atoms with van der Waals surface area (Å²) in [6.45, 7) is 0.451. The second-order valence-electron chi connectivity index (χ2n) is 5.99. The van der Waals surface area contributed by atoms with E-state index in [1.807, 2.05) is 54.0 Å². The van der Waals surface area contributed by atoms with Crippen molar-refractivity contribution in [3.63, 3.8) is 0 Å². The van der Waals surface area contributed by atoms with Crippen molar-refractivity contribution in [3.05, 3.63) is 78.2 Å². The Morgan fingerprint density at radius 1 is 1.19 bits per heavy atom. The largest absolute Gasteiger partial charge is 0.489 e. The molecule has 0 aliphatic heterocycles. The first-order valence-electron chi connectivity index (χ1n) is 8.50. The molecule has 0 atom stereocenters. The summed E-state index contributed by atoms with van der Waals surface area (Å²) in [5.41, 5.74) is 4.05. The van der Waals surface area contributed by atoms with Crippen LogP contribution >= 0.6 is 0 Å². The fourth-order valence-electron chi connectivity index (χ4n) is 2.94. The smallest absolute Gasteiger partial charge is 0.140 e. The van der Waals surface area contributed by atoms with Gasteiger partial charge in [-0.2, -0.15) is 5.26 Å². The van der Waals surface area contributed by atoms with Crippen LogP contribution in [0.15, 0.2) is 67.1 Å². The highest BCUT2D eigenvalue weighted by atomic mass is 16.5. The zero-order chi connectivity index (χ0) is 18.6. The van der Waals surface area contributed by atoms with E-state index in [1.54, 1.807) is 24.5 Å². The van der Waals surface area contributed by atoms with Gasteiger partial charge in [0.05, 0.1) is 11.6 Å². The van der Waals surface area contributed by atoms with Gasteiger partial charge in [0.1, 0.15) is 29.5 Å². The summed E-state index contributed by atoms with van der Waals surface area (Å²) in [6, 6.07) is 17.4. The molecule has 0 saturated carbocycles. The number of hydrogen-bond acceptors (Lipinski definition) is 5. The van der Waals surface area contributed by atoms with Gasteiger partial charge in [-0.15, -0.1) is 0 Å². The third kappa shape index (κ3) is 3.31. The Morgan fingerprint density at radius 2 is 2.11 bits per heavy atom. The van der Waals surface area contributed by atoms with Crippen molar-refractivity contribution in [1.82, 2.24) is 14.4 Å². The highest BCUT2D eigenvalue weighted by molar-refractivity contribution is 5.77. The molecule has 0 unspecified atom stereocenters. The third-order valence-electron chi connectivity index (χ3n) is 4.23. The predicted octanol–water partition coefficient (Wildman–Crippen LogP) is 3.89. The molecule has 4 rings (SSSR count). The molecular weight excluding hydrogens is 338 g/mol. The molecule has 0 fully saturated rings. The minimum Gasteiger partial charge on any atom is -0.489 e. The summed E-state index contributed by atoms with van der Waals surface area (Å²) >= 11 is 0. The van der Waals surface area contributed by atoms with Crippen molar-refractivity contribution in [2.24, 2.45) is 0 Å². The highest BCUT2D eigenvalue weighted by Crippen LogP contribution is 2.31. The monoisotopic (exact) mass is 355 g/mol. The van der Waals surface area contributed by atoms with Crippen LogP contribution in [0.5, 0.6) is 5.75 Å². The van der Waals surface area contributed by atoms with Crippen molar-refractivity contribution >= 4 is 11.5 Å². The number of imidazole rings is 1. The Kier molecular flexibility index (Phi) is 4.42. The Bertz CT molecular complexity index is 1130. The second kappa shape index (κ2) is 7.18. The molecule has 3 heterocycles. The molecule has 6 heteroatoms. The van der Waals surface area contributed by atoms with E-state index in [9.17, 15) is 0 Å². The van der Waals surface area contributed by atoms with Gasteiger partial charge in [0.15, 0.2) is 0 Å². The molecule has 0 aliphatic carbocycles. The Balaban J connectivity index is 1.68. The zero-order valence-corrected chi connectivity index (χ0v) is 14.8. The number of aromatic nitrogens is 3. The number of nitrogens with one attached hydrogen (secondary N) is 1. The molecule has 0 radical (unpaired) electrons. The minimum atomic E-state index is 0.451. The average Bonchev–Trinajstić information content (AvgIpc) is 3.11. The Hall–Kier alpha value is -3.85. The summed E-state index contributed by atoms with van der Waals surface area (Å²) in [4.78, 5) is 8.80. The molecule has 3 aromatic heterocycles. The molecule has 0 aliphatic rings. The summed E-state index contributed by atoms with van der Waals surface area (Å²) in [5.74, 6) is 1.62. The van der Waals surface area contributed by atoms with Crippen LogP contribution in [0.2, 0.25) is 0 Å². The van der Waals surface area contributed by atoms with E-state index in [0.29, 0.717) is 12.2 Å². The molecule has 0 spiro atoms. The first-order valence-corrected chi connectivity index (χ1v) is 8.50. The standard InChI is InChI=1S/C21H17N5O/c1-23-21-20(25-19-10-15(12-22)7-9-26(19)21)17-5-2-6-18(11-17)27-14-16-4-3-8-24-13-16/h2-11,13,23H,14H2,1H3. The average molecular weight is 355 g/mol. The first kappa shape index (κ1) is 16.6. The molecule has 4 aromatic rings. The van der Waals surface area contributed by atoms with E-state index >= 15 is 0 Å². The number of ether oxygens (including phenoxy) is 1. The van der Waals surface area contributed by atoms with E-state index in [-0.39, 0.29) is 0 Å². The molecule has 1 N–H and O–H groups in total. The van der Waals surface area contributed by atoms with Crippen LogP contribution in [-0.2, 0) is 6.61 Å². The summed E-state index contributed by atoms with van der Waals surface area (Å²) in [5, 5.41) is 12.3. The number of benzene rings is 1. The van der Waals surface area contributed by atoms with Crippen molar-refractivity contribution < 1.29 is 4.74 Å². The van der Waals surface area contributed by atoms with Gasteiger partial charge in [-0.05, 0) is 30.3 Å². The first-order chi connectivity index (χ1) is 13.3. The van der Waals surface area contributed by atoms with Gasteiger partial charge in [-0.1, -0.05) is 18.2 Å². The van der Waals surface area contributed by atoms with Gasteiger partial charge in [0, 0.05) is 36.8 Å². The number of fused-ring (bicyclic) bond motifs is 1. The van der Waals surface area contributed by atoms with E-state index < -0.39 is 0 Å². The number of hydrogen-bond donors (Lipinski definition) is 1. The van der Waals surface area contributed by atoms with Crippen LogP contribution < -0.4 is 10.1 Å². The predicted molar refractivity (Wildman–Crippen MR) is 103 cm³/mol. The molecular formula is C21H17N5O. The lowest BCUT2D eigenvalue weighted by Crippen LogP contribution is -1.97. The highest BCUT2D eigenvalue weighted by Gasteiger charge is 2.14. The quantitative estimate of drug-likeness (QED) is 0.588. The lowest BCUT2D eigenvalue weighted by molar-refractivity contribution is 0.306. The maximum Gasteiger partial charge on any atom is 0.140 e. The Morgan fingerprint density at radius 3 is 2.89 bits per heavy atom.